The van der Waals surface area contributed by atoms with E-state index in [1.165, 1.54) is 36.5 Å². The summed E-state index contributed by atoms with van der Waals surface area (Å²) in [5.41, 5.74) is 1.09. The fraction of sp³-hybridized carbons (Fsp3) is 0.697. The molecule has 0 aromatic heterocycles. The van der Waals surface area contributed by atoms with E-state index in [1.54, 1.807) is 55.0 Å². The van der Waals surface area contributed by atoms with Gasteiger partial charge in [-0.15, -0.1) is 58.0 Å². The number of likely N-dealkylation sites (tertiary alicyclic amines) is 1. The monoisotopic (exact) mass is 901 g/mol. The lowest BCUT2D eigenvalue weighted by Crippen LogP contribution is -2.25. The van der Waals surface area contributed by atoms with Crippen molar-refractivity contribution in [1.82, 2.24) is 24.5 Å². The largest absolute Gasteiger partial charge is 0.508 e. The maximum absolute atomic E-state index is 10.8. The minimum Gasteiger partial charge on any atom is -0.508 e. The predicted octanol–water partition coefficient (Wildman–Crippen LogP) is 8.35. The number of carbonyl (C=O) groups excluding carboxylic acids is 4. The van der Waals surface area contributed by atoms with E-state index in [4.69, 9.17) is 103 Å². The van der Waals surface area contributed by atoms with Crippen LogP contribution in [0.3, 0.4) is 0 Å². The summed E-state index contributed by atoms with van der Waals surface area (Å²) in [6.07, 6.45) is 5.12. The summed E-state index contributed by atoms with van der Waals surface area (Å²) in [6, 6.07) is 7.28. The Hall–Kier alpha value is -1.02. The van der Waals surface area contributed by atoms with Gasteiger partial charge in [0.25, 0.3) is 0 Å². The number of aromatic hydroxyl groups is 1. The third-order valence-corrected chi connectivity index (χ3v) is 6.45. The molecule has 0 unspecified atom stereocenters. The summed E-state index contributed by atoms with van der Waals surface area (Å²) in [4.78, 5) is 48.5. The number of nitrogens with zero attached hydrogens (tertiary/aromatic N) is 5. The van der Waals surface area contributed by atoms with Gasteiger partial charge in [0.15, 0.2) is 3.79 Å². The van der Waals surface area contributed by atoms with E-state index in [-0.39, 0.29) is 17.3 Å². The maximum atomic E-state index is 10.8. The first-order valence-electron chi connectivity index (χ1n) is 15.8. The first-order chi connectivity index (χ1) is 23.9. The average Bonchev–Trinajstić information content (AvgIpc) is 3.81. The second-order valence-corrected chi connectivity index (χ2v) is 16.4. The first kappa shape index (κ1) is 60.2. The van der Waals surface area contributed by atoms with Crippen LogP contribution in [0, 0.1) is 6.92 Å². The molecule has 0 saturated carbocycles. The molecule has 308 valence electrons. The lowest BCUT2D eigenvalue weighted by Gasteiger charge is -2.07. The molecular weight excluding hydrogens is 846 g/mol. The number of halogens is 8. The molecule has 1 N–H and O–H groups in total. The highest BCUT2D eigenvalue weighted by Gasteiger charge is 2.20. The molecule has 0 spiro atoms. The maximum Gasteiger partial charge on any atom is 0.319 e. The molecule has 3 saturated heterocycles. The van der Waals surface area contributed by atoms with E-state index in [9.17, 15) is 19.2 Å². The molecule has 0 aliphatic carbocycles. The van der Waals surface area contributed by atoms with Crippen LogP contribution in [0.1, 0.15) is 45.1 Å². The Bertz CT molecular complexity index is 978. The summed E-state index contributed by atoms with van der Waals surface area (Å²) in [6.45, 7) is 9.65. The van der Waals surface area contributed by atoms with Crippen molar-refractivity contribution < 1.29 is 29.0 Å². The number of alkyl halides is 8. The quantitative estimate of drug-likeness (QED) is 0.236. The fourth-order valence-electron chi connectivity index (χ4n) is 2.70. The van der Waals surface area contributed by atoms with Gasteiger partial charge in [0.2, 0.25) is 18.2 Å². The Balaban J connectivity index is -0.000000161. The highest BCUT2D eigenvalue weighted by atomic mass is 35.6. The molecule has 19 heteroatoms. The Morgan fingerprint density at radius 1 is 0.923 bits per heavy atom. The van der Waals surface area contributed by atoms with Gasteiger partial charge in [0.05, 0.1) is 11.2 Å². The van der Waals surface area contributed by atoms with Crippen molar-refractivity contribution >= 4 is 117 Å². The summed E-state index contributed by atoms with van der Waals surface area (Å²) in [5.74, 6) is 1.03. The number of ether oxygens (including phenoxy) is 1. The standard InChI is InChI=1S/C7H8O.C5H10N2O.C5H9NO.C4H9NO.C4H8O.C3H7NO.2C2H3Cl3.CH2Cl2/c1-6-3-2-4-7(8)5-6;1-6-3-4-7(2)5(6)8;1-6-4-2-3-5(6)7;1-4(6)5(2)3;1-2-4-5-3-1;1-4(2)3-5;1-2(3,4)5;3-1-2(4)5;2-1-3/h2-5,8H,1H3;3-4H2,1-2H3;2-4H2,1H3;1-3H3;1-4H2;3H,1-2H3;1H3;2H,1H2;1H2. The molecule has 0 radical (unpaired) electrons. The Morgan fingerprint density at radius 3 is 1.42 bits per heavy atom. The molecule has 5 amide bonds. The number of rotatable bonds is 2. The molecule has 0 bridgehead atoms. The third-order valence-electron chi connectivity index (χ3n) is 5.52. The molecule has 4 rings (SSSR count). The van der Waals surface area contributed by atoms with Crippen molar-refractivity contribution in [2.24, 2.45) is 0 Å². The lowest BCUT2D eigenvalue weighted by atomic mass is 10.2. The summed E-state index contributed by atoms with van der Waals surface area (Å²) < 4.78 is 3.86. The van der Waals surface area contributed by atoms with Gasteiger partial charge in [-0.3, -0.25) is 14.4 Å². The van der Waals surface area contributed by atoms with Crippen LogP contribution in [0.2, 0.25) is 0 Å². The minimum atomic E-state index is -1.08. The minimum absolute atomic E-state index is 0.0926. The number of benzene rings is 1. The SMILES string of the molecule is C1CCOC1.CC(=O)N(C)C.CC(Cl)(Cl)Cl.CN(C)C=O.CN1CCCC1=O.CN1CCN(C)C1=O.Cc1cccc(O)c1.ClCC(Cl)Cl.ClCCl. The molecule has 1 aromatic rings. The molecule has 11 nitrogen and oxygen atoms in total. The van der Waals surface area contributed by atoms with Gasteiger partial charge >= 0.3 is 6.03 Å². The van der Waals surface area contributed by atoms with Crippen LogP contribution in [0.25, 0.3) is 0 Å². The number of amides is 5. The van der Waals surface area contributed by atoms with E-state index in [2.05, 4.69) is 0 Å². The number of phenolic OH excluding ortho intramolecular Hbond substituents is 1. The molecule has 52 heavy (non-hydrogen) atoms. The number of likely N-dealkylation sites (N-methyl/N-ethyl adjacent to an activating group) is 2. The summed E-state index contributed by atoms with van der Waals surface area (Å²) >= 11 is 40.0. The van der Waals surface area contributed by atoms with Crippen LogP contribution >= 0.6 is 92.8 Å². The highest BCUT2D eigenvalue weighted by Crippen LogP contribution is 2.23. The number of hydrogen-bond acceptors (Lipinski definition) is 6. The van der Waals surface area contributed by atoms with Gasteiger partial charge in [-0.25, -0.2) is 4.79 Å². The Labute approximate surface area is 352 Å². The van der Waals surface area contributed by atoms with E-state index in [0.717, 1.165) is 57.7 Å². The van der Waals surface area contributed by atoms with Gasteiger partial charge in [0.1, 0.15) is 10.6 Å². The predicted molar refractivity (Wildman–Crippen MR) is 223 cm³/mol. The van der Waals surface area contributed by atoms with Gasteiger partial charge in [0, 0.05) is 95.5 Å². The number of aryl methyl sites for hydroxylation is 1. The van der Waals surface area contributed by atoms with Crippen molar-refractivity contribution in [2.75, 3.05) is 93.4 Å². The number of phenols is 1. The van der Waals surface area contributed by atoms with Crippen molar-refractivity contribution in [3.8, 4) is 5.75 Å². The zero-order valence-corrected chi connectivity index (χ0v) is 38.0. The lowest BCUT2D eigenvalue weighted by molar-refractivity contribution is -0.127. The van der Waals surface area contributed by atoms with Crippen LogP contribution in [0.4, 0.5) is 4.79 Å². The van der Waals surface area contributed by atoms with Crippen molar-refractivity contribution in [3.63, 3.8) is 0 Å². The van der Waals surface area contributed by atoms with E-state index >= 15 is 0 Å². The molecule has 3 heterocycles. The van der Waals surface area contributed by atoms with E-state index < -0.39 is 8.63 Å². The van der Waals surface area contributed by atoms with Crippen LogP contribution in [0.5, 0.6) is 5.75 Å². The van der Waals surface area contributed by atoms with E-state index in [0.29, 0.717) is 17.5 Å². The van der Waals surface area contributed by atoms with Crippen LogP contribution < -0.4 is 0 Å². The van der Waals surface area contributed by atoms with Crippen LogP contribution in [0.15, 0.2) is 24.3 Å². The number of carbonyl (C=O) groups is 4. The van der Waals surface area contributed by atoms with Gasteiger partial charge < -0.3 is 34.3 Å². The zero-order valence-electron chi connectivity index (χ0n) is 32.0. The van der Waals surface area contributed by atoms with Gasteiger partial charge in [-0.1, -0.05) is 46.9 Å². The Morgan fingerprint density at radius 2 is 1.31 bits per heavy atom. The molecule has 3 aliphatic rings. The summed E-state index contributed by atoms with van der Waals surface area (Å²) in [7, 11) is 12.3. The second kappa shape index (κ2) is 39.7. The molecular formula is C33H59Cl8N5O6. The fourth-order valence-corrected chi connectivity index (χ4v) is 2.70. The normalized spacial score (nSPS) is 13.7. The topological polar surface area (TPSA) is 114 Å². The summed E-state index contributed by atoms with van der Waals surface area (Å²) in [5, 5.41) is 9.01. The van der Waals surface area contributed by atoms with Gasteiger partial charge in [-0.2, -0.15) is 0 Å². The highest BCUT2D eigenvalue weighted by molar-refractivity contribution is 6.67. The smallest absolute Gasteiger partial charge is 0.319 e. The van der Waals surface area contributed by atoms with Gasteiger partial charge in [-0.05, 0) is 50.8 Å². The third kappa shape index (κ3) is 55.7. The molecule has 0 atom stereocenters. The van der Waals surface area contributed by atoms with Crippen molar-refractivity contribution in [3.05, 3.63) is 29.8 Å². The van der Waals surface area contributed by atoms with Crippen LogP contribution in [-0.4, -0.2) is 156 Å². The van der Waals surface area contributed by atoms with E-state index in [1.807, 2.05) is 40.2 Å². The molecule has 1 aromatic carbocycles. The number of urea groups is 1. The zero-order chi connectivity index (χ0) is 41.9. The second-order valence-electron chi connectivity index (χ2n) is 11.1. The average molecular weight is 905 g/mol. The first-order valence-corrected chi connectivity index (χ1v) is 19.4. The Kier molecular flexibility index (Phi) is 45.9. The van der Waals surface area contributed by atoms with Crippen LogP contribution in [-0.2, 0) is 19.1 Å². The molecule has 3 aliphatic heterocycles. The van der Waals surface area contributed by atoms with Crippen molar-refractivity contribution in [1.29, 1.82) is 0 Å². The molecule has 3 fully saturated rings. The van der Waals surface area contributed by atoms with Crippen molar-refractivity contribution in [2.45, 2.75) is 55.1 Å². The number of hydrogen-bond donors (Lipinski definition) is 1.